The number of piperidine rings is 1. The zero-order valence-electron chi connectivity index (χ0n) is 13.6. The summed E-state index contributed by atoms with van der Waals surface area (Å²) in [5.41, 5.74) is 4.82. The lowest BCUT2D eigenvalue weighted by Crippen LogP contribution is -2.39. The zero-order valence-corrected chi connectivity index (χ0v) is 13.6. The molecular weight excluding hydrogens is 244 g/mol. The maximum atomic E-state index is 3.24. The molecule has 0 unspecified atom stereocenters. The summed E-state index contributed by atoms with van der Waals surface area (Å²) in [7, 11) is 2.01. The van der Waals surface area contributed by atoms with Gasteiger partial charge in [0, 0.05) is 25.3 Å². The van der Waals surface area contributed by atoms with Gasteiger partial charge in [-0.25, -0.2) is 0 Å². The lowest BCUT2D eigenvalue weighted by molar-refractivity contribution is 0.199. The molecule has 2 heteroatoms. The molecule has 1 heterocycles. The first-order valence-electron chi connectivity index (χ1n) is 8.13. The molecule has 0 spiro atoms. The van der Waals surface area contributed by atoms with Crippen LogP contribution in [0.4, 0.5) is 5.69 Å². The minimum absolute atomic E-state index is 0.609. The van der Waals surface area contributed by atoms with Crippen LogP contribution in [0, 0.1) is 12.3 Å². The predicted octanol–water partition coefficient (Wildman–Crippen LogP) is 4.12. The van der Waals surface area contributed by atoms with E-state index in [1.165, 1.54) is 55.6 Å². The lowest BCUT2D eigenvalue weighted by atomic mass is 9.74. The Kier molecular flexibility index (Phi) is 5.09. The van der Waals surface area contributed by atoms with Crippen LogP contribution in [-0.4, -0.2) is 20.1 Å². The highest BCUT2D eigenvalue weighted by molar-refractivity contribution is 5.51. The molecule has 1 aliphatic rings. The molecule has 0 aromatic heterocycles. The third-order valence-electron chi connectivity index (χ3n) is 5.38. The maximum Gasteiger partial charge on any atom is 0.0369 e. The Bertz CT molecular complexity index is 425. The van der Waals surface area contributed by atoms with Gasteiger partial charge in [0.2, 0.25) is 0 Å². The van der Waals surface area contributed by atoms with Crippen molar-refractivity contribution in [2.45, 2.75) is 53.0 Å². The molecule has 2 nitrogen and oxygen atoms in total. The number of hydrogen-bond acceptors (Lipinski definition) is 2. The van der Waals surface area contributed by atoms with Crippen LogP contribution in [0.5, 0.6) is 0 Å². The number of nitrogens with one attached hydrogen (secondary N) is 1. The molecule has 0 aliphatic carbocycles. The summed E-state index contributed by atoms with van der Waals surface area (Å²) in [5, 5.41) is 3.24. The van der Waals surface area contributed by atoms with E-state index in [1.807, 2.05) is 7.05 Å². The quantitative estimate of drug-likeness (QED) is 0.869. The van der Waals surface area contributed by atoms with Gasteiger partial charge < -0.3 is 10.2 Å². The monoisotopic (exact) mass is 274 g/mol. The number of rotatable bonds is 5. The average Bonchev–Trinajstić information content (AvgIpc) is 2.49. The summed E-state index contributed by atoms with van der Waals surface area (Å²) < 4.78 is 0. The van der Waals surface area contributed by atoms with Crippen molar-refractivity contribution < 1.29 is 0 Å². The number of aryl methyl sites for hydroxylation is 1. The van der Waals surface area contributed by atoms with Crippen molar-refractivity contribution in [3.63, 3.8) is 0 Å². The Morgan fingerprint density at radius 2 is 1.80 bits per heavy atom. The Labute approximate surface area is 124 Å². The molecule has 20 heavy (non-hydrogen) atoms. The maximum absolute atomic E-state index is 3.24. The highest BCUT2D eigenvalue weighted by Gasteiger charge is 2.31. The topological polar surface area (TPSA) is 15.3 Å². The van der Waals surface area contributed by atoms with Gasteiger partial charge >= 0.3 is 0 Å². The Hall–Kier alpha value is -1.02. The van der Waals surface area contributed by atoms with Crippen molar-refractivity contribution in [3.05, 3.63) is 29.3 Å². The van der Waals surface area contributed by atoms with Crippen molar-refractivity contribution in [2.75, 3.05) is 25.0 Å². The number of anilines is 1. The van der Waals surface area contributed by atoms with E-state index in [9.17, 15) is 0 Å². The molecule has 112 valence electrons. The predicted molar refractivity (Wildman–Crippen MR) is 88.4 cm³/mol. The Morgan fingerprint density at radius 3 is 2.30 bits per heavy atom. The summed E-state index contributed by atoms with van der Waals surface area (Å²) >= 11 is 0. The highest BCUT2D eigenvalue weighted by Crippen LogP contribution is 2.39. The van der Waals surface area contributed by atoms with E-state index in [-0.39, 0.29) is 0 Å². The van der Waals surface area contributed by atoms with E-state index < -0.39 is 0 Å². The molecule has 1 aromatic carbocycles. The largest absolute Gasteiger partial charge is 0.371 e. The minimum atomic E-state index is 0.609. The number of hydrogen-bond donors (Lipinski definition) is 1. The van der Waals surface area contributed by atoms with Crippen LogP contribution in [0.2, 0.25) is 0 Å². The third kappa shape index (κ3) is 3.17. The molecule has 1 fully saturated rings. The molecule has 0 radical (unpaired) electrons. The summed E-state index contributed by atoms with van der Waals surface area (Å²) in [4.78, 5) is 2.57. The highest BCUT2D eigenvalue weighted by atomic mass is 15.1. The van der Waals surface area contributed by atoms with Crippen LogP contribution >= 0.6 is 0 Å². The van der Waals surface area contributed by atoms with Crippen LogP contribution < -0.4 is 10.2 Å². The molecule has 0 bridgehead atoms. The van der Waals surface area contributed by atoms with E-state index in [1.54, 1.807) is 0 Å². The summed E-state index contributed by atoms with van der Waals surface area (Å²) in [5.74, 6) is 0. The zero-order chi connectivity index (χ0) is 14.6. The fraction of sp³-hybridized carbons (Fsp3) is 0.667. The van der Waals surface area contributed by atoms with Gasteiger partial charge in [-0.15, -0.1) is 0 Å². The lowest BCUT2D eigenvalue weighted by Gasteiger charge is -2.42. The molecule has 1 aliphatic heterocycles. The average molecular weight is 274 g/mol. The van der Waals surface area contributed by atoms with E-state index in [4.69, 9.17) is 0 Å². The first-order valence-corrected chi connectivity index (χ1v) is 8.13. The molecule has 1 aromatic rings. The summed E-state index contributed by atoms with van der Waals surface area (Å²) in [6.45, 7) is 10.3. The SMILES string of the molecule is CCC1(CC)CCN(c2ccc(CNC)c(C)c2)CC1. The van der Waals surface area contributed by atoms with E-state index in [0.717, 1.165) is 6.54 Å². The first-order chi connectivity index (χ1) is 9.64. The van der Waals surface area contributed by atoms with Gasteiger partial charge in [-0.2, -0.15) is 0 Å². The number of benzene rings is 1. The molecular formula is C18H30N2. The Morgan fingerprint density at radius 1 is 1.15 bits per heavy atom. The smallest absolute Gasteiger partial charge is 0.0369 e. The van der Waals surface area contributed by atoms with Gasteiger partial charge in [-0.3, -0.25) is 0 Å². The standard InChI is InChI=1S/C18H30N2/c1-5-18(6-2)9-11-20(12-10-18)17-8-7-16(14-19-4)15(3)13-17/h7-8,13,19H,5-6,9-12,14H2,1-4H3. The second-order valence-corrected chi connectivity index (χ2v) is 6.34. The third-order valence-corrected chi connectivity index (χ3v) is 5.38. The molecule has 0 amide bonds. The van der Waals surface area contributed by atoms with E-state index in [0.29, 0.717) is 5.41 Å². The van der Waals surface area contributed by atoms with E-state index >= 15 is 0 Å². The second-order valence-electron chi connectivity index (χ2n) is 6.34. The van der Waals surface area contributed by atoms with Crippen LogP contribution in [-0.2, 0) is 6.54 Å². The van der Waals surface area contributed by atoms with E-state index in [2.05, 4.69) is 49.2 Å². The summed E-state index contributed by atoms with van der Waals surface area (Å²) in [6, 6.07) is 6.94. The van der Waals surface area contributed by atoms with Crippen molar-refractivity contribution >= 4 is 5.69 Å². The normalized spacial score (nSPS) is 18.3. The molecule has 2 rings (SSSR count). The van der Waals surface area contributed by atoms with Gasteiger partial charge in [-0.05, 0) is 55.5 Å². The first kappa shape index (κ1) is 15.4. The Balaban J connectivity index is 2.05. The van der Waals surface area contributed by atoms with Crippen molar-refractivity contribution in [3.8, 4) is 0 Å². The molecule has 0 saturated carbocycles. The van der Waals surface area contributed by atoms with Crippen LogP contribution in [0.15, 0.2) is 18.2 Å². The van der Waals surface area contributed by atoms with Crippen molar-refractivity contribution in [1.82, 2.24) is 5.32 Å². The molecule has 1 N–H and O–H groups in total. The number of nitrogens with zero attached hydrogens (tertiary/aromatic N) is 1. The van der Waals surface area contributed by atoms with Crippen LogP contribution in [0.25, 0.3) is 0 Å². The summed E-state index contributed by atoms with van der Waals surface area (Å²) in [6.07, 6.45) is 5.35. The van der Waals surface area contributed by atoms with Gasteiger partial charge in [0.25, 0.3) is 0 Å². The van der Waals surface area contributed by atoms with Crippen LogP contribution in [0.1, 0.15) is 50.7 Å². The van der Waals surface area contributed by atoms with Gasteiger partial charge in [0.05, 0.1) is 0 Å². The van der Waals surface area contributed by atoms with Gasteiger partial charge in [0.15, 0.2) is 0 Å². The van der Waals surface area contributed by atoms with Crippen molar-refractivity contribution in [1.29, 1.82) is 0 Å². The second kappa shape index (κ2) is 6.62. The fourth-order valence-corrected chi connectivity index (χ4v) is 3.46. The minimum Gasteiger partial charge on any atom is -0.371 e. The molecule has 1 saturated heterocycles. The fourth-order valence-electron chi connectivity index (χ4n) is 3.46. The van der Waals surface area contributed by atoms with Crippen LogP contribution in [0.3, 0.4) is 0 Å². The van der Waals surface area contributed by atoms with Gasteiger partial charge in [0.1, 0.15) is 0 Å². The van der Waals surface area contributed by atoms with Crippen molar-refractivity contribution in [2.24, 2.45) is 5.41 Å². The van der Waals surface area contributed by atoms with Gasteiger partial charge in [-0.1, -0.05) is 32.8 Å². The molecule has 0 atom stereocenters.